The van der Waals surface area contributed by atoms with Crippen LogP contribution < -0.4 is 30.2 Å². The van der Waals surface area contributed by atoms with Crippen molar-refractivity contribution in [3.8, 4) is 40.0 Å². The molecule has 2 aliphatic rings. The molecule has 0 unspecified atom stereocenters. The predicted octanol–water partition coefficient (Wildman–Crippen LogP) is 6.50. The summed E-state index contributed by atoms with van der Waals surface area (Å²) in [5.74, 6) is -1.38. The molecule has 0 bridgehead atoms. The minimum atomic E-state index is -4.81. The fourth-order valence-electron chi connectivity index (χ4n) is 6.67. The number of aromatic nitrogens is 2. The molecule has 2 aromatic heterocycles. The molecule has 280 valence electrons. The first-order valence-electron chi connectivity index (χ1n) is 17.1. The van der Waals surface area contributed by atoms with E-state index in [2.05, 4.69) is 20.9 Å². The van der Waals surface area contributed by atoms with Gasteiger partial charge in [-0.25, -0.2) is 4.98 Å². The van der Waals surface area contributed by atoms with Crippen LogP contribution in [-0.4, -0.2) is 59.8 Å². The largest absolute Gasteiger partial charge is 0.481 e. The van der Waals surface area contributed by atoms with Crippen LogP contribution in [0.4, 0.5) is 13.2 Å². The van der Waals surface area contributed by atoms with Crippen LogP contribution in [0.15, 0.2) is 54.6 Å². The second-order valence-corrected chi connectivity index (χ2v) is 13.3. The Bertz CT molecular complexity index is 2010. The standard InChI is InChI=1S/C38H39ClF3N5O6/c1-20(37(49)50)44-18-22-16-29(38(40,41)42)36(47-35(22)52-3)53-31-14-12-25-24(6-4-7-26(25)31)27-8-5-9-28(33(27)39)30-13-10-21(34(46-30)51-2)17-43-19-23-11-15-32(48)45-23/h4-10,13,16,20,23,31,43-44H,11-12,14-15,17-19H2,1-3H3,(H,45,48)(H,49,50)/t20-,23-,31-/m0/s1. The second kappa shape index (κ2) is 16.0. The number of ether oxygens (including phenoxy) is 3. The minimum Gasteiger partial charge on any atom is -0.481 e. The zero-order chi connectivity index (χ0) is 37.9. The molecule has 0 radical (unpaired) electrons. The lowest BCUT2D eigenvalue weighted by Crippen LogP contribution is -2.35. The Kier molecular flexibility index (Phi) is 11.4. The molecule has 0 saturated carbocycles. The van der Waals surface area contributed by atoms with E-state index in [0.717, 1.165) is 34.7 Å². The van der Waals surface area contributed by atoms with Gasteiger partial charge < -0.3 is 35.3 Å². The van der Waals surface area contributed by atoms with E-state index in [1.165, 1.54) is 14.0 Å². The molecule has 0 spiro atoms. The molecule has 2 aromatic carbocycles. The van der Waals surface area contributed by atoms with E-state index in [4.69, 9.17) is 30.8 Å². The van der Waals surface area contributed by atoms with Gasteiger partial charge in [0.05, 0.1) is 24.9 Å². The lowest BCUT2D eigenvalue weighted by atomic mass is 9.94. The SMILES string of the molecule is COc1nc(-c2cccc(-c3cccc4c3CC[C@@H]4Oc3nc(OC)c(CN[C@@H](C)C(=O)O)cc3C(F)(F)F)c2Cl)ccc1CNC[C@@H]1CCC(=O)N1. The summed E-state index contributed by atoms with van der Waals surface area (Å²) < 4.78 is 60.0. The number of hydrogen-bond donors (Lipinski definition) is 4. The van der Waals surface area contributed by atoms with E-state index in [1.54, 1.807) is 7.11 Å². The molecule has 3 atom stereocenters. The van der Waals surface area contributed by atoms with Crippen molar-refractivity contribution in [2.75, 3.05) is 20.8 Å². The van der Waals surface area contributed by atoms with Crippen molar-refractivity contribution in [3.63, 3.8) is 0 Å². The summed E-state index contributed by atoms with van der Waals surface area (Å²) in [7, 11) is 2.82. The highest BCUT2D eigenvalue weighted by Gasteiger charge is 2.39. The first kappa shape index (κ1) is 37.8. The maximum absolute atomic E-state index is 14.3. The molecule has 6 rings (SSSR count). The van der Waals surface area contributed by atoms with Gasteiger partial charge in [-0.3, -0.25) is 9.59 Å². The summed E-state index contributed by atoms with van der Waals surface area (Å²) in [4.78, 5) is 31.6. The molecule has 1 saturated heterocycles. The quantitative estimate of drug-likeness (QED) is 0.113. The molecule has 4 aromatic rings. The van der Waals surface area contributed by atoms with Gasteiger partial charge in [-0.2, -0.15) is 18.2 Å². The number of nitrogens with one attached hydrogen (secondary N) is 3. The number of carboxylic acid groups (broad SMARTS) is 1. The normalized spacial score (nSPS) is 17.3. The third-order valence-electron chi connectivity index (χ3n) is 9.45. The lowest BCUT2D eigenvalue weighted by Gasteiger charge is -2.21. The van der Waals surface area contributed by atoms with Gasteiger partial charge >= 0.3 is 12.1 Å². The van der Waals surface area contributed by atoms with Crippen molar-refractivity contribution < 1.29 is 42.1 Å². The summed E-state index contributed by atoms with van der Waals surface area (Å²) in [6, 6.07) is 14.9. The van der Waals surface area contributed by atoms with Crippen molar-refractivity contribution in [3.05, 3.63) is 87.4 Å². The van der Waals surface area contributed by atoms with Crippen LogP contribution >= 0.6 is 11.6 Å². The molecule has 15 heteroatoms. The number of benzene rings is 2. The van der Waals surface area contributed by atoms with Crippen LogP contribution in [0, 0.1) is 0 Å². The van der Waals surface area contributed by atoms with E-state index in [0.29, 0.717) is 60.1 Å². The molecule has 4 N–H and O–H groups in total. The Balaban J connectivity index is 1.25. The fourth-order valence-corrected chi connectivity index (χ4v) is 7.00. The van der Waals surface area contributed by atoms with Crippen LogP contribution in [-0.2, 0) is 35.3 Å². The summed E-state index contributed by atoms with van der Waals surface area (Å²) in [5.41, 5.74) is 4.24. The zero-order valence-corrected chi connectivity index (χ0v) is 30.0. The zero-order valence-electron chi connectivity index (χ0n) is 29.3. The Labute approximate surface area is 309 Å². The van der Waals surface area contributed by atoms with Crippen LogP contribution in [0.3, 0.4) is 0 Å². The Hall–Kier alpha value is -4.92. The summed E-state index contributed by atoms with van der Waals surface area (Å²) >= 11 is 7.09. The van der Waals surface area contributed by atoms with Gasteiger partial charge in [0.2, 0.25) is 23.5 Å². The highest BCUT2D eigenvalue weighted by molar-refractivity contribution is 6.36. The topological polar surface area (TPSA) is 144 Å². The van der Waals surface area contributed by atoms with Gasteiger partial charge in [0.15, 0.2) is 0 Å². The highest BCUT2D eigenvalue weighted by Crippen LogP contribution is 2.46. The average Bonchev–Trinajstić information content (AvgIpc) is 3.75. The summed E-state index contributed by atoms with van der Waals surface area (Å²) in [6.07, 6.45) is -3.30. The number of carboxylic acids is 1. The minimum absolute atomic E-state index is 0.0398. The third-order valence-corrected chi connectivity index (χ3v) is 9.86. The summed E-state index contributed by atoms with van der Waals surface area (Å²) in [5, 5.41) is 18.6. The Morgan fingerprint density at radius 3 is 2.38 bits per heavy atom. The maximum Gasteiger partial charge on any atom is 0.421 e. The number of carbonyl (C=O) groups is 2. The maximum atomic E-state index is 14.3. The number of alkyl halides is 3. The number of carbonyl (C=O) groups excluding carboxylic acids is 1. The Morgan fingerprint density at radius 2 is 1.68 bits per heavy atom. The molecule has 3 heterocycles. The molecule has 1 amide bonds. The van der Waals surface area contributed by atoms with Crippen LogP contribution in [0.1, 0.15) is 60.1 Å². The second-order valence-electron chi connectivity index (χ2n) is 12.9. The van der Waals surface area contributed by atoms with Gasteiger partial charge in [-0.15, -0.1) is 0 Å². The van der Waals surface area contributed by atoms with E-state index in [9.17, 15) is 27.9 Å². The van der Waals surface area contributed by atoms with Crippen molar-refractivity contribution in [1.82, 2.24) is 25.9 Å². The van der Waals surface area contributed by atoms with Crippen molar-refractivity contribution in [2.45, 2.75) is 70.1 Å². The number of aliphatic carboxylic acids is 1. The molecular weight excluding hydrogens is 715 g/mol. The number of rotatable bonds is 14. The van der Waals surface area contributed by atoms with Crippen molar-refractivity contribution in [2.24, 2.45) is 0 Å². The fraction of sp³-hybridized carbons (Fsp3) is 0.368. The van der Waals surface area contributed by atoms with Crippen LogP contribution in [0.2, 0.25) is 5.02 Å². The highest BCUT2D eigenvalue weighted by atomic mass is 35.5. The van der Waals surface area contributed by atoms with Gasteiger partial charge in [0, 0.05) is 54.4 Å². The number of pyridine rings is 2. The van der Waals surface area contributed by atoms with E-state index in [-0.39, 0.29) is 29.9 Å². The predicted molar refractivity (Wildman–Crippen MR) is 191 cm³/mol. The molecule has 11 nitrogen and oxygen atoms in total. The number of fused-ring (bicyclic) bond motifs is 1. The van der Waals surface area contributed by atoms with Crippen molar-refractivity contribution >= 4 is 23.5 Å². The average molecular weight is 754 g/mol. The number of amides is 1. The van der Waals surface area contributed by atoms with Crippen LogP contribution in [0.5, 0.6) is 17.6 Å². The third kappa shape index (κ3) is 8.34. The monoisotopic (exact) mass is 753 g/mol. The van der Waals surface area contributed by atoms with E-state index in [1.807, 2.05) is 48.5 Å². The Morgan fingerprint density at radius 1 is 0.962 bits per heavy atom. The van der Waals surface area contributed by atoms with Gasteiger partial charge in [0.25, 0.3) is 0 Å². The van der Waals surface area contributed by atoms with E-state index >= 15 is 0 Å². The van der Waals surface area contributed by atoms with Crippen molar-refractivity contribution in [1.29, 1.82) is 0 Å². The first-order valence-corrected chi connectivity index (χ1v) is 17.5. The summed E-state index contributed by atoms with van der Waals surface area (Å²) in [6.45, 7) is 2.29. The van der Waals surface area contributed by atoms with E-state index < -0.39 is 35.7 Å². The smallest absolute Gasteiger partial charge is 0.421 e. The molecule has 1 aliphatic carbocycles. The number of nitrogens with zero attached hydrogens (tertiary/aromatic N) is 2. The lowest BCUT2D eigenvalue weighted by molar-refractivity contribution is -0.140. The number of hydrogen-bond acceptors (Lipinski definition) is 9. The molecular formula is C38H39ClF3N5O6. The molecule has 1 aliphatic heterocycles. The first-order chi connectivity index (χ1) is 25.4. The molecule has 1 fully saturated rings. The van der Waals surface area contributed by atoms with Gasteiger partial charge in [-0.1, -0.05) is 54.1 Å². The van der Waals surface area contributed by atoms with Crippen LogP contribution in [0.25, 0.3) is 22.4 Å². The number of halogens is 4. The number of methoxy groups -OCH3 is 2. The van der Waals surface area contributed by atoms with Gasteiger partial charge in [0.1, 0.15) is 17.7 Å². The van der Waals surface area contributed by atoms with Gasteiger partial charge in [-0.05, 0) is 55.0 Å². The molecule has 53 heavy (non-hydrogen) atoms.